The van der Waals surface area contributed by atoms with Crippen LogP contribution in [-0.2, 0) is 10.3 Å². The van der Waals surface area contributed by atoms with Crippen molar-refractivity contribution in [1.29, 1.82) is 0 Å². The summed E-state index contributed by atoms with van der Waals surface area (Å²) in [6.45, 7) is 0. The maximum atomic E-state index is 13.3. The molecule has 0 atom stereocenters. The fourth-order valence-electron chi connectivity index (χ4n) is 3.43. The summed E-state index contributed by atoms with van der Waals surface area (Å²) in [5.74, 6) is -0.140. The predicted molar refractivity (Wildman–Crippen MR) is 103 cm³/mol. The van der Waals surface area contributed by atoms with E-state index in [0.29, 0.717) is 5.11 Å². The molecule has 1 heterocycles. The molecule has 0 bridgehead atoms. The highest BCUT2D eigenvalue weighted by Crippen LogP contribution is 2.42. The maximum absolute atomic E-state index is 13.3. The Balaban J connectivity index is 2.05. The largest absolute Gasteiger partial charge is 0.300 e. The van der Waals surface area contributed by atoms with Crippen LogP contribution in [0.4, 0.5) is 5.69 Å². The molecule has 0 saturated carbocycles. The van der Waals surface area contributed by atoms with E-state index < -0.39 is 5.54 Å². The summed E-state index contributed by atoms with van der Waals surface area (Å²) in [5, 5.41) is 3.28. The van der Waals surface area contributed by atoms with E-state index in [2.05, 4.69) is 5.32 Å². The number of carbonyl (C=O) groups excluding carboxylic acids is 1. The van der Waals surface area contributed by atoms with Gasteiger partial charge in [-0.25, -0.2) is 0 Å². The Kier molecular flexibility index (Phi) is 3.82. The van der Waals surface area contributed by atoms with Crippen LogP contribution in [0.5, 0.6) is 0 Å². The maximum Gasteiger partial charge on any atom is 0.261 e. The first-order chi connectivity index (χ1) is 12.2. The summed E-state index contributed by atoms with van der Waals surface area (Å²) in [5.41, 5.74) is 1.60. The van der Waals surface area contributed by atoms with Crippen molar-refractivity contribution in [2.75, 3.05) is 4.90 Å². The van der Waals surface area contributed by atoms with Crippen LogP contribution in [0.2, 0.25) is 0 Å². The van der Waals surface area contributed by atoms with Gasteiger partial charge in [-0.2, -0.15) is 0 Å². The number of thiocarbonyl (C=S) groups is 1. The number of rotatable bonds is 3. The van der Waals surface area contributed by atoms with E-state index in [1.165, 1.54) is 0 Å². The Labute approximate surface area is 151 Å². The minimum absolute atomic E-state index is 0.140. The molecule has 3 aromatic rings. The van der Waals surface area contributed by atoms with Gasteiger partial charge in [-0.3, -0.25) is 15.0 Å². The Morgan fingerprint density at radius 2 is 1.16 bits per heavy atom. The van der Waals surface area contributed by atoms with Crippen molar-refractivity contribution in [3.05, 3.63) is 102 Å². The highest BCUT2D eigenvalue weighted by molar-refractivity contribution is 7.80. The standard InChI is InChI=1S/C21H16N2OS/c24-19-21(16-10-4-1-5-11-16,17-12-6-2-7-13-17)23(20(25)22-19)18-14-8-3-9-15-18/h1-15H,(H,22,24,25). The van der Waals surface area contributed by atoms with E-state index in [9.17, 15) is 4.79 Å². The zero-order chi connectivity index (χ0) is 17.3. The number of nitrogens with one attached hydrogen (secondary N) is 1. The van der Waals surface area contributed by atoms with Crippen LogP contribution in [0.15, 0.2) is 91.0 Å². The van der Waals surface area contributed by atoms with Crippen molar-refractivity contribution in [3.63, 3.8) is 0 Å². The smallest absolute Gasteiger partial charge is 0.261 e. The summed E-state index contributed by atoms with van der Waals surface area (Å²) in [6, 6.07) is 29.3. The molecule has 1 aliphatic heterocycles. The van der Waals surface area contributed by atoms with E-state index >= 15 is 0 Å². The second kappa shape index (κ2) is 6.15. The van der Waals surface area contributed by atoms with Crippen LogP contribution in [0.1, 0.15) is 11.1 Å². The molecule has 1 amide bonds. The van der Waals surface area contributed by atoms with E-state index in [0.717, 1.165) is 16.8 Å². The number of anilines is 1. The zero-order valence-electron chi connectivity index (χ0n) is 13.4. The predicted octanol–water partition coefficient (Wildman–Crippen LogP) is 3.85. The first-order valence-corrected chi connectivity index (χ1v) is 8.47. The normalized spacial score (nSPS) is 15.9. The van der Waals surface area contributed by atoms with Gasteiger partial charge in [0.1, 0.15) is 0 Å². The molecule has 0 spiro atoms. The molecule has 4 rings (SSSR count). The zero-order valence-corrected chi connectivity index (χ0v) is 14.2. The van der Waals surface area contributed by atoms with Crippen LogP contribution in [-0.4, -0.2) is 11.0 Å². The number of amides is 1. The molecular formula is C21H16N2OS. The fraction of sp³-hybridized carbons (Fsp3) is 0.0476. The topological polar surface area (TPSA) is 32.3 Å². The van der Waals surface area contributed by atoms with Gasteiger partial charge in [0, 0.05) is 5.69 Å². The minimum Gasteiger partial charge on any atom is -0.300 e. The van der Waals surface area contributed by atoms with Crippen LogP contribution in [0.3, 0.4) is 0 Å². The molecule has 122 valence electrons. The lowest BCUT2D eigenvalue weighted by Crippen LogP contribution is -2.48. The van der Waals surface area contributed by atoms with Crippen LogP contribution < -0.4 is 10.2 Å². The van der Waals surface area contributed by atoms with E-state index in [4.69, 9.17) is 12.2 Å². The highest BCUT2D eigenvalue weighted by atomic mass is 32.1. The molecule has 4 heteroatoms. The quantitative estimate of drug-likeness (QED) is 0.733. The lowest BCUT2D eigenvalue weighted by atomic mass is 9.81. The van der Waals surface area contributed by atoms with Gasteiger partial charge in [-0.05, 0) is 35.5 Å². The van der Waals surface area contributed by atoms with Gasteiger partial charge >= 0.3 is 0 Å². The molecule has 25 heavy (non-hydrogen) atoms. The van der Waals surface area contributed by atoms with Gasteiger partial charge in [0.25, 0.3) is 5.91 Å². The third-order valence-electron chi connectivity index (χ3n) is 4.49. The van der Waals surface area contributed by atoms with Gasteiger partial charge in [-0.1, -0.05) is 78.9 Å². The first kappa shape index (κ1) is 15.5. The van der Waals surface area contributed by atoms with Gasteiger partial charge in [-0.15, -0.1) is 0 Å². The lowest BCUT2D eigenvalue weighted by Gasteiger charge is -2.37. The summed E-state index contributed by atoms with van der Waals surface area (Å²) in [4.78, 5) is 15.2. The van der Waals surface area contributed by atoms with Crippen molar-refractivity contribution in [2.24, 2.45) is 0 Å². The van der Waals surface area contributed by atoms with E-state index in [1.807, 2.05) is 95.9 Å². The molecule has 0 aliphatic carbocycles. The van der Waals surface area contributed by atoms with Gasteiger partial charge in [0.05, 0.1) is 0 Å². The number of carbonyl (C=O) groups is 1. The number of hydrogen-bond acceptors (Lipinski definition) is 2. The third kappa shape index (κ3) is 2.34. The number of hydrogen-bond donors (Lipinski definition) is 1. The average molecular weight is 344 g/mol. The molecular weight excluding hydrogens is 328 g/mol. The molecule has 0 aromatic heterocycles. The molecule has 0 unspecified atom stereocenters. The molecule has 0 radical (unpaired) electrons. The van der Waals surface area contributed by atoms with Crippen LogP contribution >= 0.6 is 12.2 Å². The third-order valence-corrected chi connectivity index (χ3v) is 4.77. The molecule has 1 aliphatic rings. The summed E-state index contributed by atoms with van der Waals surface area (Å²) in [7, 11) is 0. The summed E-state index contributed by atoms with van der Waals surface area (Å²) >= 11 is 5.54. The van der Waals surface area contributed by atoms with Crippen LogP contribution in [0.25, 0.3) is 0 Å². The Morgan fingerprint density at radius 3 is 1.64 bits per heavy atom. The van der Waals surface area contributed by atoms with Gasteiger partial charge < -0.3 is 0 Å². The monoisotopic (exact) mass is 344 g/mol. The van der Waals surface area contributed by atoms with Gasteiger partial charge in [0.2, 0.25) is 0 Å². The summed E-state index contributed by atoms with van der Waals surface area (Å²) < 4.78 is 0. The van der Waals surface area contributed by atoms with Gasteiger partial charge in [0.15, 0.2) is 10.7 Å². The van der Waals surface area contributed by atoms with E-state index in [1.54, 1.807) is 0 Å². The van der Waals surface area contributed by atoms with Crippen molar-refractivity contribution in [1.82, 2.24) is 5.32 Å². The number of para-hydroxylation sites is 1. The Bertz CT molecular complexity index is 871. The fourth-order valence-corrected chi connectivity index (χ4v) is 3.77. The molecule has 1 fully saturated rings. The SMILES string of the molecule is O=C1NC(=S)N(c2ccccc2)C1(c1ccccc1)c1ccccc1. The van der Waals surface area contributed by atoms with Crippen molar-refractivity contribution in [2.45, 2.75) is 5.54 Å². The molecule has 1 N–H and O–H groups in total. The average Bonchev–Trinajstić information content (AvgIpc) is 2.94. The Morgan fingerprint density at radius 1 is 0.720 bits per heavy atom. The first-order valence-electron chi connectivity index (χ1n) is 8.06. The van der Waals surface area contributed by atoms with Crippen molar-refractivity contribution >= 4 is 28.9 Å². The summed E-state index contributed by atoms with van der Waals surface area (Å²) in [6.07, 6.45) is 0. The lowest BCUT2D eigenvalue weighted by molar-refractivity contribution is -0.122. The number of nitrogens with zero attached hydrogens (tertiary/aromatic N) is 1. The van der Waals surface area contributed by atoms with Crippen LogP contribution in [0, 0.1) is 0 Å². The van der Waals surface area contributed by atoms with Crippen molar-refractivity contribution < 1.29 is 4.79 Å². The highest BCUT2D eigenvalue weighted by Gasteiger charge is 2.54. The molecule has 3 nitrogen and oxygen atoms in total. The second-order valence-corrected chi connectivity index (χ2v) is 6.26. The number of benzene rings is 3. The minimum atomic E-state index is -1.03. The Hall–Kier alpha value is -2.98. The molecule has 1 saturated heterocycles. The molecule has 3 aromatic carbocycles. The second-order valence-electron chi connectivity index (χ2n) is 5.87. The van der Waals surface area contributed by atoms with E-state index in [-0.39, 0.29) is 5.91 Å². The van der Waals surface area contributed by atoms with Crippen molar-refractivity contribution in [3.8, 4) is 0 Å².